The number of guanidine groups is 2. The maximum Gasteiger partial charge on any atom is 0.345 e. The van der Waals surface area contributed by atoms with Gasteiger partial charge in [0.1, 0.15) is 0 Å². The lowest BCUT2D eigenvalue weighted by Crippen LogP contribution is -2.39. The molecule has 0 bridgehead atoms. The van der Waals surface area contributed by atoms with Crippen molar-refractivity contribution in [2.75, 3.05) is 33.0 Å². The van der Waals surface area contributed by atoms with Crippen LogP contribution < -0.4 is 33.6 Å². The summed E-state index contributed by atoms with van der Waals surface area (Å²) in [6, 6.07) is -0.439. The number of rotatable bonds is 4. The van der Waals surface area contributed by atoms with Crippen LogP contribution in [0.5, 0.6) is 0 Å². The van der Waals surface area contributed by atoms with Gasteiger partial charge in [-0.15, -0.1) is 0 Å². The number of nitrogens with two attached hydrogens (primary N) is 4. The van der Waals surface area contributed by atoms with Gasteiger partial charge < -0.3 is 33.6 Å². The highest BCUT2D eigenvalue weighted by Crippen LogP contribution is 2.14. The molecule has 0 aromatic carbocycles. The predicted octanol–water partition coefficient (Wildman–Crippen LogP) is -1.57. The lowest BCUT2D eigenvalue weighted by molar-refractivity contribution is 0.224. The van der Waals surface area contributed by atoms with Gasteiger partial charge in [0, 0.05) is 12.6 Å². The molecule has 2 rings (SSSR count). The summed E-state index contributed by atoms with van der Waals surface area (Å²) < 4.78 is 0. The maximum absolute atomic E-state index is 11.0. The van der Waals surface area contributed by atoms with Crippen LogP contribution in [-0.2, 0) is 0 Å². The molecule has 1 unspecified atom stereocenters. The molecule has 2 aliphatic rings. The smallest absolute Gasteiger partial charge is 0.345 e. The van der Waals surface area contributed by atoms with Crippen LogP contribution in [0, 0.1) is 0 Å². The summed E-state index contributed by atoms with van der Waals surface area (Å²) in [5.74, 6) is -0.420. The van der Waals surface area contributed by atoms with Crippen molar-refractivity contribution < 1.29 is 9.59 Å². The van der Waals surface area contributed by atoms with Crippen LogP contribution in [0.3, 0.4) is 0 Å². The van der Waals surface area contributed by atoms with E-state index >= 15 is 0 Å². The van der Waals surface area contributed by atoms with Gasteiger partial charge in [-0.25, -0.2) is 9.59 Å². The molecule has 2 saturated heterocycles. The zero-order valence-corrected chi connectivity index (χ0v) is 15.9. The van der Waals surface area contributed by atoms with Gasteiger partial charge in [0.25, 0.3) is 0 Å². The first kappa shape index (κ1) is 22.4. The molecule has 27 heavy (non-hydrogen) atoms. The van der Waals surface area contributed by atoms with Crippen molar-refractivity contribution in [3.8, 4) is 0 Å². The van der Waals surface area contributed by atoms with E-state index in [0.717, 1.165) is 19.6 Å². The van der Waals surface area contributed by atoms with E-state index in [1.54, 1.807) is 0 Å². The van der Waals surface area contributed by atoms with Crippen LogP contribution in [0.1, 0.15) is 32.6 Å². The Morgan fingerprint density at radius 1 is 0.889 bits per heavy atom. The quantitative estimate of drug-likeness (QED) is 0.247. The first-order valence-electron chi connectivity index (χ1n) is 8.99. The molecule has 2 heterocycles. The number of nitrogens with zero attached hydrogens (tertiary/aromatic N) is 4. The van der Waals surface area contributed by atoms with Crippen molar-refractivity contribution in [1.82, 2.24) is 20.4 Å². The first-order chi connectivity index (χ1) is 12.8. The van der Waals surface area contributed by atoms with E-state index in [0.29, 0.717) is 19.4 Å². The first-order valence-corrected chi connectivity index (χ1v) is 8.99. The molecular weight excluding hydrogens is 352 g/mol. The van der Waals surface area contributed by atoms with E-state index in [9.17, 15) is 9.59 Å². The number of carbonyl (C=O) groups is 2. The highest BCUT2D eigenvalue weighted by atomic mass is 16.2. The van der Waals surface area contributed by atoms with Crippen LogP contribution in [0.2, 0.25) is 0 Å². The summed E-state index contributed by atoms with van der Waals surface area (Å²) in [6.07, 6.45) is 4.74. The molecule has 1 atom stereocenters. The van der Waals surface area contributed by atoms with Crippen LogP contribution in [0.15, 0.2) is 9.98 Å². The van der Waals surface area contributed by atoms with Gasteiger partial charge in [0.15, 0.2) is 11.9 Å². The van der Waals surface area contributed by atoms with Crippen LogP contribution in [-0.4, -0.2) is 72.8 Å². The van der Waals surface area contributed by atoms with Gasteiger partial charge in [-0.2, -0.15) is 9.98 Å². The van der Waals surface area contributed by atoms with Gasteiger partial charge in [-0.05, 0) is 45.7 Å². The zero-order valence-electron chi connectivity index (χ0n) is 15.9. The Kier molecular flexibility index (Phi) is 9.90. The average molecular weight is 384 g/mol. The number of urea groups is 2. The molecule has 0 saturated carbocycles. The van der Waals surface area contributed by atoms with E-state index < -0.39 is 12.1 Å². The summed E-state index contributed by atoms with van der Waals surface area (Å²) in [7, 11) is 0. The Morgan fingerprint density at radius 3 is 1.85 bits per heavy atom. The summed E-state index contributed by atoms with van der Waals surface area (Å²) in [5, 5.41) is 5.22. The zero-order chi connectivity index (χ0) is 20.2. The van der Waals surface area contributed by atoms with Gasteiger partial charge >= 0.3 is 12.1 Å². The molecule has 0 aromatic rings. The lowest BCUT2D eigenvalue weighted by Gasteiger charge is -2.20. The summed E-state index contributed by atoms with van der Waals surface area (Å²) in [5.41, 5.74) is 20.2. The number of nitrogens with one attached hydrogen (secondary N) is 2. The molecule has 2 fully saturated rings. The molecule has 0 aromatic heterocycles. The van der Waals surface area contributed by atoms with Gasteiger partial charge in [-0.1, -0.05) is 0 Å². The lowest BCUT2D eigenvalue weighted by atomic mass is 10.2. The minimum atomic E-state index is -0.482. The van der Waals surface area contributed by atoms with E-state index in [1.165, 1.54) is 25.7 Å². The molecule has 12 nitrogen and oxygen atoms in total. The second-order valence-electron chi connectivity index (χ2n) is 6.48. The summed E-state index contributed by atoms with van der Waals surface area (Å²) in [6.45, 7) is 6.25. The van der Waals surface area contributed by atoms with Gasteiger partial charge in [0.2, 0.25) is 0 Å². The van der Waals surface area contributed by atoms with Crippen molar-refractivity contribution in [1.29, 1.82) is 0 Å². The van der Waals surface area contributed by atoms with Crippen LogP contribution in [0.4, 0.5) is 9.59 Å². The van der Waals surface area contributed by atoms with Crippen molar-refractivity contribution in [2.24, 2.45) is 32.9 Å². The fraction of sp³-hybridized carbons (Fsp3) is 0.733. The molecule has 154 valence electrons. The average Bonchev–Trinajstić information content (AvgIpc) is 3.22. The van der Waals surface area contributed by atoms with E-state index in [2.05, 4.69) is 37.3 Å². The highest BCUT2D eigenvalue weighted by Gasteiger charge is 2.19. The standard InChI is InChI=1S/C8H17N5O.C7H15N5O/c1-6-3-2-4-13(6)5-11-8(14)12-7(9)10;8-6(9)11-7(13)10-5-12-3-1-2-4-12/h6H,2-5H2,1H3,(H5,9,10,11,12,14);1-5H2,(H5,8,9,10,11,13). The Hall–Kier alpha value is -2.60. The number of amides is 4. The number of aliphatic imine (C=N–C) groups is 2. The van der Waals surface area contributed by atoms with Crippen molar-refractivity contribution >= 4 is 24.0 Å². The largest absolute Gasteiger partial charge is 0.370 e. The van der Waals surface area contributed by atoms with E-state index in [4.69, 9.17) is 22.9 Å². The molecule has 0 spiro atoms. The van der Waals surface area contributed by atoms with Crippen molar-refractivity contribution in [3.05, 3.63) is 0 Å². The number of likely N-dealkylation sites (tertiary alicyclic amines) is 2. The monoisotopic (exact) mass is 384 g/mol. The molecule has 12 heteroatoms. The van der Waals surface area contributed by atoms with Crippen LogP contribution >= 0.6 is 0 Å². The SMILES string of the molecule is CC1CCCN1CNC(=O)N=C(N)N.NC(N)=NC(=O)NCN1CCCC1. The Morgan fingerprint density at radius 2 is 1.41 bits per heavy atom. The third-order valence-electron chi connectivity index (χ3n) is 4.24. The van der Waals surface area contributed by atoms with E-state index in [1.807, 2.05) is 0 Å². The topological polar surface area (TPSA) is 193 Å². The minimum Gasteiger partial charge on any atom is -0.370 e. The third-order valence-corrected chi connectivity index (χ3v) is 4.24. The molecule has 4 amide bonds. The minimum absolute atomic E-state index is 0.209. The number of hydrogen-bond acceptors (Lipinski definition) is 4. The molecule has 0 aliphatic carbocycles. The Balaban J connectivity index is 0.000000271. The van der Waals surface area contributed by atoms with Gasteiger partial charge in [0.05, 0.1) is 13.3 Å². The number of carbonyl (C=O) groups excluding carboxylic acids is 2. The molecule has 10 N–H and O–H groups in total. The number of hydrogen-bond donors (Lipinski definition) is 6. The normalized spacial score (nSPS) is 19.5. The van der Waals surface area contributed by atoms with Crippen molar-refractivity contribution in [3.63, 3.8) is 0 Å². The van der Waals surface area contributed by atoms with Gasteiger partial charge in [-0.3, -0.25) is 9.80 Å². The third kappa shape index (κ3) is 10.2. The fourth-order valence-corrected chi connectivity index (χ4v) is 2.83. The fourth-order valence-electron chi connectivity index (χ4n) is 2.83. The maximum atomic E-state index is 11.0. The predicted molar refractivity (Wildman–Crippen MR) is 105 cm³/mol. The second-order valence-corrected chi connectivity index (χ2v) is 6.48. The molecular formula is C15H32N10O2. The summed E-state index contributed by atoms with van der Waals surface area (Å²) >= 11 is 0. The molecule has 0 radical (unpaired) electrons. The highest BCUT2D eigenvalue weighted by molar-refractivity contribution is 5.90. The van der Waals surface area contributed by atoms with Crippen LogP contribution in [0.25, 0.3) is 0 Å². The summed E-state index contributed by atoms with van der Waals surface area (Å²) in [4.78, 5) is 33.0. The second kappa shape index (κ2) is 11.9. The Bertz CT molecular complexity index is 537. The molecule has 2 aliphatic heterocycles. The Labute approximate surface area is 159 Å². The van der Waals surface area contributed by atoms with Crippen molar-refractivity contribution in [2.45, 2.75) is 38.6 Å². The van der Waals surface area contributed by atoms with E-state index in [-0.39, 0.29) is 11.9 Å².